The average Bonchev–Trinajstić information content (AvgIpc) is 3.59. The van der Waals surface area contributed by atoms with Crippen LogP contribution in [0, 0.1) is 0 Å². The number of alkyl halides is 6. The Morgan fingerprint density at radius 2 is 0.940 bits per heavy atom. The van der Waals surface area contributed by atoms with Gasteiger partial charge < -0.3 is 24.8 Å². The first-order valence-corrected chi connectivity index (χ1v) is 23.3. The molecule has 1 heterocycles. The maximum absolute atomic E-state index is 13.4. The zero-order chi connectivity index (χ0) is 33.8. The summed E-state index contributed by atoms with van der Waals surface area (Å²) in [4.78, 5) is 0. The van der Waals surface area contributed by atoms with Crippen LogP contribution < -0.4 is 24.8 Å². The Hall–Kier alpha value is -2.60. The molecule has 2 atom stereocenters. The fourth-order valence-corrected chi connectivity index (χ4v) is 24.4. The zero-order valence-corrected chi connectivity index (χ0v) is 31.8. The van der Waals surface area contributed by atoms with Gasteiger partial charge in [-0.05, 0) is 0 Å². The molecule has 0 nitrogen and oxygen atoms in total. The van der Waals surface area contributed by atoms with Gasteiger partial charge in [0.05, 0.1) is 0 Å². The number of hydrogen-bond donors (Lipinski definition) is 0. The van der Waals surface area contributed by atoms with Crippen molar-refractivity contribution in [3.8, 4) is 22.3 Å². The van der Waals surface area contributed by atoms with E-state index >= 15 is 0 Å². The van der Waals surface area contributed by atoms with Crippen molar-refractivity contribution in [2.75, 3.05) is 0 Å². The molecular weight excluding hydrogens is 769 g/mol. The summed E-state index contributed by atoms with van der Waals surface area (Å²) in [6.45, 7) is 4.43. The predicted octanol–water partition coefficient (Wildman–Crippen LogP) is 7.64. The van der Waals surface area contributed by atoms with E-state index in [1.807, 2.05) is 12.1 Å². The summed E-state index contributed by atoms with van der Waals surface area (Å²) in [5.41, 5.74) is 10.2. The van der Waals surface area contributed by atoms with Crippen molar-refractivity contribution in [2.45, 2.75) is 73.8 Å². The maximum Gasteiger partial charge on any atom is -1.00 e. The first-order chi connectivity index (χ1) is 23.0. The van der Waals surface area contributed by atoms with Crippen LogP contribution in [0.15, 0.2) is 96.1 Å². The molecule has 0 radical (unpaired) electrons. The Morgan fingerprint density at radius 3 is 1.24 bits per heavy atom. The van der Waals surface area contributed by atoms with Crippen molar-refractivity contribution < 1.29 is 71.4 Å². The Bertz CT molecular complexity index is 1770. The second-order valence-electron chi connectivity index (χ2n) is 13.7. The standard InChI is InChI=1S/2C19H16F3.C3H6.2ClH.Zr/c2*1-2-4-13-11-15-5-3-6-17(18(15)12-13)14-7-9-16(10-8-14)19(20,21)22;1-3-2;;;/h2*3,5-12H,2,4H2,1H3;1-3H2;2*1H;/q;;;;;+2/p-2. The largest absolute Gasteiger partial charge is 1.00 e. The van der Waals surface area contributed by atoms with Gasteiger partial charge in [0.1, 0.15) is 0 Å². The topological polar surface area (TPSA) is 0 Å². The number of hydrogen-bond acceptors (Lipinski definition) is 0. The van der Waals surface area contributed by atoms with Crippen molar-refractivity contribution >= 4 is 12.2 Å². The van der Waals surface area contributed by atoms with E-state index in [0.29, 0.717) is 7.25 Å². The first kappa shape index (κ1) is 38.6. The van der Waals surface area contributed by atoms with E-state index in [-0.39, 0.29) is 24.8 Å². The molecule has 50 heavy (non-hydrogen) atoms. The minimum Gasteiger partial charge on any atom is -1.00 e. The van der Waals surface area contributed by atoms with E-state index in [0.717, 1.165) is 59.1 Å². The Labute approximate surface area is 307 Å². The molecule has 0 spiro atoms. The van der Waals surface area contributed by atoms with E-state index < -0.39 is 43.7 Å². The van der Waals surface area contributed by atoms with Crippen LogP contribution in [0.3, 0.4) is 0 Å². The van der Waals surface area contributed by atoms with Crippen LogP contribution in [-0.4, -0.2) is 0 Å². The molecule has 1 saturated heterocycles. The second-order valence-corrected chi connectivity index (χ2v) is 25.0. The molecular formula is C41H38Cl2F6Zr. The van der Waals surface area contributed by atoms with Crippen LogP contribution in [0.25, 0.3) is 34.4 Å². The van der Waals surface area contributed by atoms with Crippen molar-refractivity contribution in [3.63, 3.8) is 0 Å². The monoisotopic (exact) mass is 804 g/mol. The summed E-state index contributed by atoms with van der Waals surface area (Å²) in [6, 6.07) is 23.9. The first-order valence-electron chi connectivity index (χ1n) is 17.0. The van der Waals surface area contributed by atoms with Gasteiger partial charge in [-0.25, -0.2) is 0 Å². The van der Waals surface area contributed by atoms with Gasteiger partial charge in [-0.15, -0.1) is 0 Å². The van der Waals surface area contributed by atoms with E-state index in [4.69, 9.17) is 0 Å². The summed E-state index contributed by atoms with van der Waals surface area (Å²) in [5.74, 6) is 0. The molecule has 9 heteroatoms. The third-order valence-corrected chi connectivity index (χ3v) is 26.2. The SMILES string of the molecule is CCCC1=Cc2c(-c3ccc(C(F)(F)F)cc3)cccc2[CH]1[Zr+2]1([CH]2C(CCC)=Cc3c(-c4ccc(C(F)(F)F)cc4)cccc32)[CH2]C[CH2]1.[Cl-].[Cl-]. The molecule has 4 aromatic carbocycles. The quantitative estimate of drug-likeness (QED) is 0.161. The minimum atomic E-state index is -4.38. The van der Waals surface area contributed by atoms with Gasteiger partial charge in [0.15, 0.2) is 0 Å². The van der Waals surface area contributed by atoms with E-state index in [2.05, 4.69) is 50.3 Å². The molecule has 0 aromatic heterocycles. The second kappa shape index (κ2) is 14.8. The van der Waals surface area contributed by atoms with Crippen molar-refractivity contribution in [3.05, 3.63) is 129 Å². The molecule has 2 unspecified atom stereocenters. The van der Waals surface area contributed by atoms with Gasteiger partial charge in [-0.1, -0.05) is 0 Å². The van der Waals surface area contributed by atoms with Crippen LogP contribution in [0.1, 0.15) is 86.6 Å². The van der Waals surface area contributed by atoms with Gasteiger partial charge in [-0.3, -0.25) is 0 Å². The van der Waals surface area contributed by atoms with Crippen LogP contribution in [-0.2, 0) is 32.6 Å². The maximum atomic E-state index is 13.4. The molecule has 4 aromatic rings. The fraction of sp³-hybridized carbons (Fsp3) is 0.317. The number of benzene rings is 4. The molecule has 2 aliphatic carbocycles. The third kappa shape index (κ3) is 6.72. The molecule has 3 aliphatic rings. The third-order valence-electron chi connectivity index (χ3n) is 10.9. The summed E-state index contributed by atoms with van der Waals surface area (Å²) in [5, 5.41) is 0. The summed E-state index contributed by atoms with van der Waals surface area (Å²) in [6.07, 6.45) is 1.20. The van der Waals surface area contributed by atoms with Crippen LogP contribution in [0.5, 0.6) is 0 Å². The summed E-state index contributed by atoms with van der Waals surface area (Å²) < 4.78 is 83.5. The average molecular weight is 807 g/mol. The molecule has 0 bridgehead atoms. The summed E-state index contributed by atoms with van der Waals surface area (Å²) in [7, 11) is 0. The van der Waals surface area contributed by atoms with Gasteiger partial charge >= 0.3 is 284 Å². The van der Waals surface area contributed by atoms with Gasteiger partial charge in [0, 0.05) is 0 Å². The number of rotatable bonds is 8. The normalized spacial score (nSPS) is 18.3. The number of allylic oxidation sites excluding steroid dienone is 2. The van der Waals surface area contributed by atoms with Gasteiger partial charge in [0.2, 0.25) is 0 Å². The molecule has 0 saturated carbocycles. The van der Waals surface area contributed by atoms with Crippen molar-refractivity contribution in [1.29, 1.82) is 0 Å². The smallest absolute Gasteiger partial charge is 1.00 e. The van der Waals surface area contributed by atoms with Crippen LogP contribution in [0.2, 0.25) is 8.26 Å². The fourth-order valence-electron chi connectivity index (χ4n) is 8.81. The molecule has 0 N–H and O–H groups in total. The molecule has 1 aliphatic heterocycles. The van der Waals surface area contributed by atoms with Gasteiger partial charge in [-0.2, -0.15) is 0 Å². The molecule has 262 valence electrons. The van der Waals surface area contributed by atoms with Crippen LogP contribution in [0.4, 0.5) is 26.3 Å². The van der Waals surface area contributed by atoms with Crippen molar-refractivity contribution in [1.82, 2.24) is 0 Å². The van der Waals surface area contributed by atoms with E-state index in [9.17, 15) is 26.3 Å². The molecule has 0 amide bonds. The summed E-state index contributed by atoms with van der Waals surface area (Å²) >= 11 is -3.18. The Kier molecular flexibility index (Phi) is 11.4. The molecule has 7 rings (SSSR count). The van der Waals surface area contributed by atoms with E-state index in [1.165, 1.54) is 61.2 Å². The number of fused-ring (bicyclic) bond motifs is 2. The van der Waals surface area contributed by atoms with Crippen LogP contribution >= 0.6 is 0 Å². The van der Waals surface area contributed by atoms with Gasteiger partial charge in [0.25, 0.3) is 0 Å². The Balaban J connectivity index is 0.00000243. The number of halogens is 8. The predicted molar refractivity (Wildman–Crippen MR) is 179 cm³/mol. The van der Waals surface area contributed by atoms with E-state index in [1.54, 1.807) is 24.3 Å². The molecule has 1 fully saturated rings. The Morgan fingerprint density at radius 1 is 0.560 bits per heavy atom. The zero-order valence-electron chi connectivity index (χ0n) is 27.9. The van der Waals surface area contributed by atoms with Crippen molar-refractivity contribution in [2.24, 2.45) is 0 Å². The minimum absolute atomic E-state index is 0.